The van der Waals surface area contributed by atoms with Gasteiger partial charge in [-0.3, -0.25) is 0 Å². The van der Waals surface area contributed by atoms with Crippen LogP contribution in [0.4, 0.5) is 0 Å². The van der Waals surface area contributed by atoms with Crippen LogP contribution in [0.1, 0.15) is 0 Å². The van der Waals surface area contributed by atoms with Gasteiger partial charge in [-0.05, 0) is 53.6 Å². The highest BCUT2D eigenvalue weighted by molar-refractivity contribution is 7.26. The van der Waals surface area contributed by atoms with Crippen LogP contribution in [0, 0.1) is 0 Å². The van der Waals surface area contributed by atoms with Gasteiger partial charge in [0, 0.05) is 46.7 Å². The summed E-state index contributed by atoms with van der Waals surface area (Å²) in [7, 11) is 0. The fraction of sp³-hybridized carbons (Fsp3) is 0. The van der Waals surface area contributed by atoms with Crippen LogP contribution in [-0.4, -0.2) is 4.57 Å². The van der Waals surface area contributed by atoms with Gasteiger partial charge < -0.3 is 4.57 Å². The molecule has 35 heavy (non-hydrogen) atoms. The topological polar surface area (TPSA) is 4.93 Å². The summed E-state index contributed by atoms with van der Waals surface area (Å²) in [6, 6.07) is 42.1. The Hall–Kier alpha value is -3.92. The summed E-state index contributed by atoms with van der Waals surface area (Å²) >= 11 is 3.74. The number of aromatic nitrogens is 1. The highest BCUT2D eigenvalue weighted by atomic mass is 32.1. The smallest absolute Gasteiger partial charge is 0.109 e. The number of thiophene rings is 2. The maximum Gasteiger partial charge on any atom is 0.109 e. The average molecular weight is 482 g/mol. The molecule has 0 N–H and O–H groups in total. The molecule has 0 radical (unpaired) electrons. The maximum absolute atomic E-state index is 2.43. The molecule has 0 aliphatic carbocycles. The number of para-hydroxylation sites is 1. The Labute approximate surface area is 210 Å². The molecule has 8 aromatic rings. The largest absolute Gasteiger partial charge is 0.301 e. The van der Waals surface area contributed by atoms with Crippen molar-refractivity contribution in [1.29, 1.82) is 0 Å². The van der Waals surface area contributed by atoms with Gasteiger partial charge in [-0.25, -0.2) is 0 Å². The van der Waals surface area contributed by atoms with Crippen molar-refractivity contribution in [2.24, 2.45) is 0 Å². The molecule has 1 nitrogen and oxygen atoms in total. The molecule has 0 fully saturated rings. The highest BCUT2D eigenvalue weighted by Crippen LogP contribution is 2.42. The van der Waals surface area contributed by atoms with Crippen LogP contribution in [-0.2, 0) is 0 Å². The molecule has 0 bridgehead atoms. The van der Waals surface area contributed by atoms with E-state index in [-0.39, 0.29) is 0 Å². The second kappa shape index (κ2) is 7.29. The van der Waals surface area contributed by atoms with Crippen molar-refractivity contribution in [3.05, 3.63) is 115 Å². The number of benzene rings is 5. The summed E-state index contributed by atoms with van der Waals surface area (Å²) in [6.45, 7) is 0. The second-order valence-corrected chi connectivity index (χ2v) is 11.1. The third kappa shape index (κ3) is 2.80. The van der Waals surface area contributed by atoms with Crippen LogP contribution in [0.2, 0.25) is 0 Å². The van der Waals surface area contributed by atoms with E-state index in [1.165, 1.54) is 68.2 Å². The molecule has 0 unspecified atom stereocenters. The van der Waals surface area contributed by atoms with Gasteiger partial charge in [-0.2, -0.15) is 0 Å². The standard InChI is InChI=1S/C32H19NS2/c1-4-10-27-24(8-1)31-25-9-3-6-12-29(25)35-32(31)33(27)22-16-13-20(14-17-22)21-15-18-30-26(19-21)23-7-2-5-11-28(23)34-30/h1-19H. The maximum atomic E-state index is 2.43. The molecule has 0 aliphatic rings. The molecule has 8 rings (SSSR count). The Morgan fingerprint density at radius 1 is 0.457 bits per heavy atom. The summed E-state index contributed by atoms with van der Waals surface area (Å²) in [5.74, 6) is 0. The normalized spacial score (nSPS) is 12.0. The molecular weight excluding hydrogens is 462 g/mol. The van der Waals surface area contributed by atoms with Crippen molar-refractivity contribution in [1.82, 2.24) is 4.57 Å². The number of hydrogen-bond donors (Lipinski definition) is 0. The molecule has 3 heterocycles. The third-order valence-electron chi connectivity index (χ3n) is 7.03. The van der Waals surface area contributed by atoms with E-state index < -0.39 is 0 Å². The van der Waals surface area contributed by atoms with Gasteiger partial charge in [0.25, 0.3) is 0 Å². The predicted octanol–water partition coefficient (Wildman–Crippen LogP) is 10.0. The van der Waals surface area contributed by atoms with Gasteiger partial charge in [-0.15, -0.1) is 22.7 Å². The number of nitrogens with zero attached hydrogens (tertiary/aromatic N) is 1. The van der Waals surface area contributed by atoms with Crippen LogP contribution < -0.4 is 0 Å². The summed E-state index contributed by atoms with van der Waals surface area (Å²) in [5.41, 5.74) is 4.97. The zero-order valence-corrected chi connectivity index (χ0v) is 20.4. The number of fused-ring (bicyclic) bond motifs is 8. The van der Waals surface area contributed by atoms with Crippen LogP contribution in [0.5, 0.6) is 0 Å². The first kappa shape index (κ1) is 19.4. The quantitative estimate of drug-likeness (QED) is 0.231. The first-order valence-corrected chi connectivity index (χ1v) is 13.4. The van der Waals surface area contributed by atoms with E-state index in [2.05, 4.69) is 120 Å². The molecule has 0 saturated carbocycles. The lowest BCUT2D eigenvalue weighted by Gasteiger charge is -2.09. The molecule has 164 valence electrons. The minimum absolute atomic E-state index is 1.20. The zero-order valence-electron chi connectivity index (χ0n) is 18.7. The lowest BCUT2D eigenvalue weighted by atomic mass is 10.0. The van der Waals surface area contributed by atoms with Gasteiger partial charge in [0.1, 0.15) is 4.83 Å². The molecule has 0 aliphatic heterocycles. The van der Waals surface area contributed by atoms with Gasteiger partial charge in [-0.1, -0.05) is 72.8 Å². The molecule has 3 heteroatoms. The minimum Gasteiger partial charge on any atom is -0.301 e. The van der Waals surface area contributed by atoms with Crippen LogP contribution in [0.25, 0.3) is 68.2 Å². The first-order valence-electron chi connectivity index (χ1n) is 11.8. The van der Waals surface area contributed by atoms with Crippen molar-refractivity contribution >= 4 is 74.1 Å². The lowest BCUT2D eigenvalue weighted by molar-refractivity contribution is 1.19. The summed E-state index contributed by atoms with van der Waals surface area (Å²) in [6.07, 6.45) is 0. The Balaban J connectivity index is 1.30. The Morgan fingerprint density at radius 2 is 1.09 bits per heavy atom. The Morgan fingerprint density at radius 3 is 1.91 bits per heavy atom. The van der Waals surface area contributed by atoms with E-state index in [4.69, 9.17) is 0 Å². The van der Waals surface area contributed by atoms with E-state index >= 15 is 0 Å². The van der Waals surface area contributed by atoms with E-state index in [1.54, 1.807) is 0 Å². The monoisotopic (exact) mass is 481 g/mol. The fourth-order valence-corrected chi connectivity index (χ4v) is 7.74. The summed E-state index contributed by atoms with van der Waals surface area (Å²) in [4.78, 5) is 1.31. The van der Waals surface area contributed by atoms with Crippen LogP contribution in [0.3, 0.4) is 0 Å². The zero-order chi connectivity index (χ0) is 22.9. The Bertz CT molecular complexity index is 2050. The third-order valence-corrected chi connectivity index (χ3v) is 9.34. The predicted molar refractivity (Wildman–Crippen MR) is 154 cm³/mol. The van der Waals surface area contributed by atoms with Gasteiger partial charge in [0.15, 0.2) is 0 Å². The molecule has 0 spiro atoms. The summed E-state index contributed by atoms with van der Waals surface area (Å²) in [5, 5.41) is 6.71. The minimum atomic E-state index is 1.20. The van der Waals surface area contributed by atoms with Gasteiger partial charge in [0.05, 0.1) is 5.52 Å². The van der Waals surface area contributed by atoms with E-state index in [0.29, 0.717) is 0 Å². The molecule has 0 amide bonds. The first-order chi connectivity index (χ1) is 17.3. The Kier molecular flexibility index (Phi) is 4.04. The van der Waals surface area contributed by atoms with Crippen molar-refractivity contribution in [2.75, 3.05) is 0 Å². The molecule has 5 aromatic carbocycles. The molecule has 3 aromatic heterocycles. The van der Waals surface area contributed by atoms with Crippen LogP contribution in [0.15, 0.2) is 115 Å². The average Bonchev–Trinajstić information content (AvgIpc) is 3.57. The number of rotatable bonds is 2. The molecule has 0 atom stereocenters. The van der Waals surface area contributed by atoms with Crippen molar-refractivity contribution < 1.29 is 0 Å². The van der Waals surface area contributed by atoms with Gasteiger partial charge >= 0.3 is 0 Å². The van der Waals surface area contributed by atoms with E-state index in [1.807, 2.05) is 22.7 Å². The van der Waals surface area contributed by atoms with E-state index in [9.17, 15) is 0 Å². The number of hydrogen-bond acceptors (Lipinski definition) is 2. The molecular formula is C32H19NS2. The van der Waals surface area contributed by atoms with Crippen molar-refractivity contribution in [3.63, 3.8) is 0 Å². The second-order valence-electron chi connectivity index (χ2n) is 8.99. The SMILES string of the molecule is c1ccc2c(c1)sc1ccc(-c3ccc(-n4c5ccccc5c5c6ccccc6sc54)cc3)cc12. The van der Waals surface area contributed by atoms with Crippen molar-refractivity contribution in [3.8, 4) is 16.8 Å². The highest BCUT2D eigenvalue weighted by Gasteiger charge is 2.17. The van der Waals surface area contributed by atoms with Gasteiger partial charge in [0.2, 0.25) is 0 Å². The fourth-order valence-electron chi connectivity index (χ4n) is 5.40. The lowest BCUT2D eigenvalue weighted by Crippen LogP contribution is -1.92. The van der Waals surface area contributed by atoms with Crippen molar-refractivity contribution in [2.45, 2.75) is 0 Å². The van der Waals surface area contributed by atoms with E-state index in [0.717, 1.165) is 0 Å². The van der Waals surface area contributed by atoms with Crippen LogP contribution >= 0.6 is 22.7 Å². The molecule has 0 saturated heterocycles. The summed E-state index contributed by atoms with van der Waals surface area (Å²) < 4.78 is 6.46.